The van der Waals surface area contributed by atoms with Gasteiger partial charge in [-0.2, -0.15) is 18.3 Å². The van der Waals surface area contributed by atoms with Gasteiger partial charge < -0.3 is 5.32 Å². The molecule has 0 aliphatic carbocycles. The van der Waals surface area contributed by atoms with Crippen LogP contribution in [0.25, 0.3) is 5.69 Å². The van der Waals surface area contributed by atoms with Crippen LogP contribution in [0, 0.1) is 0 Å². The molecule has 1 unspecified atom stereocenters. The van der Waals surface area contributed by atoms with E-state index in [0.717, 1.165) is 11.6 Å². The van der Waals surface area contributed by atoms with Crippen molar-refractivity contribution in [3.05, 3.63) is 47.8 Å². The van der Waals surface area contributed by atoms with Crippen molar-refractivity contribution in [3.8, 4) is 5.69 Å². The zero-order chi connectivity index (χ0) is 14.0. The minimum atomic E-state index is -4.39. The average molecular weight is 269 g/mol. The van der Waals surface area contributed by atoms with E-state index in [2.05, 4.69) is 10.4 Å². The lowest BCUT2D eigenvalue weighted by Crippen LogP contribution is -2.12. The van der Waals surface area contributed by atoms with Gasteiger partial charge in [-0.1, -0.05) is 12.1 Å². The summed E-state index contributed by atoms with van der Waals surface area (Å²) >= 11 is 0. The number of para-hydroxylation sites is 1. The lowest BCUT2D eigenvalue weighted by atomic mass is 10.1. The monoisotopic (exact) mass is 269 g/mol. The molecule has 0 fully saturated rings. The Morgan fingerprint density at radius 1 is 1.26 bits per heavy atom. The summed E-state index contributed by atoms with van der Waals surface area (Å²) < 4.78 is 40.0. The van der Waals surface area contributed by atoms with Crippen LogP contribution in [0.2, 0.25) is 0 Å². The Labute approximate surface area is 109 Å². The van der Waals surface area contributed by atoms with Gasteiger partial charge in [-0.3, -0.25) is 0 Å². The summed E-state index contributed by atoms with van der Waals surface area (Å²) in [7, 11) is 1.78. The first-order valence-electron chi connectivity index (χ1n) is 5.82. The zero-order valence-electron chi connectivity index (χ0n) is 10.6. The number of nitrogens with one attached hydrogen (secondary N) is 1. The molecule has 0 bridgehead atoms. The van der Waals surface area contributed by atoms with Crippen LogP contribution in [0.3, 0.4) is 0 Å². The average Bonchev–Trinajstić information content (AvgIpc) is 2.86. The molecule has 1 heterocycles. The van der Waals surface area contributed by atoms with Crippen LogP contribution in [0.15, 0.2) is 36.7 Å². The highest BCUT2D eigenvalue weighted by atomic mass is 19.4. The van der Waals surface area contributed by atoms with Gasteiger partial charge in [0.2, 0.25) is 0 Å². The van der Waals surface area contributed by atoms with Crippen molar-refractivity contribution >= 4 is 0 Å². The molecule has 3 nitrogen and oxygen atoms in total. The van der Waals surface area contributed by atoms with E-state index in [1.165, 1.54) is 16.8 Å². The van der Waals surface area contributed by atoms with Crippen molar-refractivity contribution in [1.29, 1.82) is 0 Å². The largest absolute Gasteiger partial charge is 0.418 e. The summed E-state index contributed by atoms with van der Waals surface area (Å²) in [5, 5.41) is 7.02. The molecule has 0 saturated heterocycles. The molecule has 1 N–H and O–H groups in total. The molecule has 0 amide bonds. The molecule has 6 heteroatoms. The molecular formula is C13H14F3N3. The third kappa shape index (κ3) is 2.78. The number of benzene rings is 1. The molecule has 0 spiro atoms. The van der Waals surface area contributed by atoms with Crippen LogP contribution in [-0.4, -0.2) is 16.8 Å². The van der Waals surface area contributed by atoms with Gasteiger partial charge >= 0.3 is 6.18 Å². The summed E-state index contributed by atoms with van der Waals surface area (Å²) in [5.74, 6) is 0. The van der Waals surface area contributed by atoms with Gasteiger partial charge in [0.1, 0.15) is 0 Å². The normalized spacial score (nSPS) is 13.5. The van der Waals surface area contributed by atoms with Gasteiger partial charge in [0.25, 0.3) is 0 Å². The Morgan fingerprint density at radius 3 is 2.58 bits per heavy atom. The SMILES string of the molecule is CNC(C)c1cnn(-c2ccccc2C(F)(F)F)c1. The number of hydrogen-bond acceptors (Lipinski definition) is 2. The quantitative estimate of drug-likeness (QED) is 0.927. The standard InChI is InChI=1S/C13H14F3N3/c1-9(17-2)10-7-18-19(8-10)12-6-4-3-5-11(12)13(14,15)16/h3-9,17H,1-2H3. The van der Waals surface area contributed by atoms with E-state index in [0.29, 0.717) is 0 Å². The predicted octanol–water partition coefficient (Wildman–Crippen LogP) is 3.17. The Bertz CT molecular complexity index is 560. The van der Waals surface area contributed by atoms with Crippen LogP contribution in [0.5, 0.6) is 0 Å². The lowest BCUT2D eigenvalue weighted by Gasteiger charge is -2.12. The Kier molecular flexibility index (Phi) is 3.61. The number of nitrogens with zero attached hydrogens (tertiary/aromatic N) is 2. The number of hydrogen-bond donors (Lipinski definition) is 1. The van der Waals surface area contributed by atoms with Crippen LogP contribution in [0.4, 0.5) is 13.2 Å². The van der Waals surface area contributed by atoms with Crippen molar-refractivity contribution in [2.75, 3.05) is 7.05 Å². The topological polar surface area (TPSA) is 29.9 Å². The van der Waals surface area contributed by atoms with E-state index in [9.17, 15) is 13.2 Å². The summed E-state index contributed by atoms with van der Waals surface area (Å²) in [6.07, 6.45) is -1.22. The van der Waals surface area contributed by atoms with Gasteiger partial charge in [0.15, 0.2) is 0 Å². The molecule has 2 rings (SSSR count). The van der Waals surface area contributed by atoms with Crippen LogP contribution in [0.1, 0.15) is 24.1 Å². The van der Waals surface area contributed by atoms with Crippen LogP contribution in [-0.2, 0) is 6.18 Å². The molecule has 0 aliphatic rings. The maximum atomic E-state index is 12.9. The maximum absolute atomic E-state index is 12.9. The van der Waals surface area contributed by atoms with Crippen molar-refractivity contribution < 1.29 is 13.2 Å². The lowest BCUT2D eigenvalue weighted by molar-refractivity contribution is -0.137. The second kappa shape index (κ2) is 5.05. The molecule has 19 heavy (non-hydrogen) atoms. The van der Waals surface area contributed by atoms with Gasteiger partial charge in [0.05, 0.1) is 17.4 Å². The minimum absolute atomic E-state index is 0.0320. The van der Waals surface area contributed by atoms with E-state index in [-0.39, 0.29) is 11.7 Å². The molecule has 2 aromatic rings. The van der Waals surface area contributed by atoms with Gasteiger partial charge in [-0.05, 0) is 26.1 Å². The summed E-state index contributed by atoms with van der Waals surface area (Å²) in [6.45, 7) is 1.91. The second-order valence-corrected chi connectivity index (χ2v) is 4.24. The van der Waals surface area contributed by atoms with Crippen LogP contribution < -0.4 is 5.32 Å². The van der Waals surface area contributed by atoms with E-state index in [1.807, 2.05) is 6.92 Å². The first-order valence-corrected chi connectivity index (χ1v) is 5.82. The maximum Gasteiger partial charge on any atom is 0.418 e. The molecule has 1 atom stereocenters. The predicted molar refractivity (Wildman–Crippen MR) is 66.0 cm³/mol. The van der Waals surface area contributed by atoms with Crippen molar-refractivity contribution in [2.24, 2.45) is 0 Å². The Morgan fingerprint density at radius 2 is 1.95 bits per heavy atom. The summed E-state index contributed by atoms with van der Waals surface area (Å²) in [5.41, 5.74) is 0.172. The first-order chi connectivity index (χ1) is 8.93. The second-order valence-electron chi connectivity index (χ2n) is 4.24. The number of rotatable bonds is 3. The Balaban J connectivity index is 2.45. The third-order valence-electron chi connectivity index (χ3n) is 2.99. The highest BCUT2D eigenvalue weighted by molar-refractivity contribution is 5.42. The molecule has 0 aliphatic heterocycles. The summed E-state index contributed by atoms with van der Waals surface area (Å²) in [6, 6.07) is 5.43. The molecular weight excluding hydrogens is 255 g/mol. The first kappa shape index (κ1) is 13.6. The van der Waals surface area contributed by atoms with Crippen molar-refractivity contribution in [2.45, 2.75) is 19.1 Å². The fourth-order valence-corrected chi connectivity index (χ4v) is 1.77. The molecule has 1 aromatic carbocycles. The smallest absolute Gasteiger partial charge is 0.313 e. The Hall–Kier alpha value is -1.82. The number of halogens is 3. The highest BCUT2D eigenvalue weighted by Crippen LogP contribution is 2.33. The van der Waals surface area contributed by atoms with Gasteiger partial charge in [-0.25, -0.2) is 4.68 Å². The van der Waals surface area contributed by atoms with E-state index < -0.39 is 11.7 Å². The highest BCUT2D eigenvalue weighted by Gasteiger charge is 2.33. The van der Waals surface area contributed by atoms with E-state index >= 15 is 0 Å². The van der Waals surface area contributed by atoms with Crippen LogP contribution >= 0.6 is 0 Å². The molecule has 0 radical (unpaired) electrons. The minimum Gasteiger partial charge on any atom is -0.313 e. The van der Waals surface area contributed by atoms with Crippen molar-refractivity contribution in [3.63, 3.8) is 0 Å². The van der Waals surface area contributed by atoms with E-state index in [4.69, 9.17) is 0 Å². The fourth-order valence-electron chi connectivity index (χ4n) is 1.77. The zero-order valence-corrected chi connectivity index (χ0v) is 10.6. The number of alkyl halides is 3. The fraction of sp³-hybridized carbons (Fsp3) is 0.308. The molecule has 0 saturated carbocycles. The van der Waals surface area contributed by atoms with Gasteiger partial charge in [-0.15, -0.1) is 0 Å². The third-order valence-corrected chi connectivity index (χ3v) is 2.99. The van der Waals surface area contributed by atoms with E-state index in [1.54, 1.807) is 25.5 Å². The van der Waals surface area contributed by atoms with Crippen molar-refractivity contribution in [1.82, 2.24) is 15.1 Å². The van der Waals surface area contributed by atoms with Gasteiger partial charge in [0, 0.05) is 17.8 Å². The summed E-state index contributed by atoms with van der Waals surface area (Å²) in [4.78, 5) is 0. The molecule has 1 aromatic heterocycles. The number of aromatic nitrogens is 2. The molecule has 102 valence electrons.